The molecule has 2 fully saturated rings. The monoisotopic (exact) mass is 517 g/mol. The molecule has 2 aliphatic rings. The molecule has 0 radical (unpaired) electrons. The SMILES string of the molecule is O=C(Nc1cc(F)c(F)c(F)c1)c1ccc(Cl)c(S(=O)(=O)C2CC3CCCC(C2)C3(O)CO)c1. The number of aliphatic hydroxyl groups excluding tert-OH is 1. The van der Waals surface area contributed by atoms with Crippen molar-refractivity contribution in [1.29, 1.82) is 0 Å². The summed E-state index contributed by atoms with van der Waals surface area (Å²) in [6.45, 7) is -0.434. The molecule has 0 saturated heterocycles. The number of hydrogen-bond donors (Lipinski definition) is 3. The number of sulfone groups is 1. The number of aliphatic hydroxyl groups is 2. The third kappa shape index (κ3) is 4.32. The van der Waals surface area contributed by atoms with Gasteiger partial charge in [-0.05, 0) is 55.7 Å². The van der Waals surface area contributed by atoms with E-state index in [-0.39, 0.29) is 45.8 Å². The summed E-state index contributed by atoms with van der Waals surface area (Å²) in [5, 5.41) is 21.9. The van der Waals surface area contributed by atoms with Crippen LogP contribution < -0.4 is 5.32 Å². The highest BCUT2D eigenvalue weighted by atomic mass is 35.5. The lowest BCUT2D eigenvalue weighted by Gasteiger charge is -2.50. The maximum Gasteiger partial charge on any atom is 0.255 e. The zero-order chi connectivity index (χ0) is 24.8. The van der Waals surface area contributed by atoms with E-state index in [2.05, 4.69) is 5.32 Å². The van der Waals surface area contributed by atoms with Crippen molar-refractivity contribution in [3.63, 3.8) is 0 Å². The number of fused-ring (bicyclic) bond motifs is 2. The van der Waals surface area contributed by atoms with E-state index >= 15 is 0 Å². The van der Waals surface area contributed by atoms with E-state index in [1.54, 1.807) is 0 Å². The molecule has 3 N–H and O–H groups in total. The van der Waals surface area contributed by atoms with Crippen molar-refractivity contribution in [2.45, 2.75) is 47.9 Å². The number of amides is 1. The molecule has 2 aliphatic carbocycles. The average Bonchev–Trinajstić information content (AvgIpc) is 2.77. The number of benzene rings is 2. The van der Waals surface area contributed by atoms with Gasteiger partial charge >= 0.3 is 0 Å². The first-order valence-corrected chi connectivity index (χ1v) is 12.7. The van der Waals surface area contributed by atoms with Crippen LogP contribution in [0, 0.1) is 29.3 Å². The Hall–Kier alpha value is -2.14. The summed E-state index contributed by atoms with van der Waals surface area (Å²) in [6.07, 6.45) is 2.33. The van der Waals surface area contributed by atoms with Crippen LogP contribution in [-0.4, -0.2) is 42.0 Å². The maximum absolute atomic E-state index is 13.5. The van der Waals surface area contributed by atoms with Crippen molar-refractivity contribution in [1.82, 2.24) is 0 Å². The first-order valence-electron chi connectivity index (χ1n) is 10.8. The molecule has 2 aromatic rings. The molecule has 2 aromatic carbocycles. The van der Waals surface area contributed by atoms with E-state index in [1.165, 1.54) is 12.1 Å². The van der Waals surface area contributed by atoms with Gasteiger partial charge in [-0.1, -0.05) is 18.0 Å². The molecule has 0 heterocycles. The predicted octanol–water partition coefficient (Wildman–Crippen LogP) is 4.09. The zero-order valence-electron chi connectivity index (χ0n) is 17.9. The maximum atomic E-state index is 13.5. The summed E-state index contributed by atoms with van der Waals surface area (Å²) in [7, 11) is -4.02. The molecule has 0 aliphatic heterocycles. The van der Waals surface area contributed by atoms with Gasteiger partial charge < -0.3 is 15.5 Å². The fourth-order valence-electron chi connectivity index (χ4n) is 5.20. The van der Waals surface area contributed by atoms with Crippen molar-refractivity contribution in [3.05, 3.63) is 58.4 Å². The summed E-state index contributed by atoms with van der Waals surface area (Å²) in [4.78, 5) is 12.4. The number of nitrogens with one attached hydrogen (secondary N) is 1. The Balaban J connectivity index is 1.61. The highest BCUT2D eigenvalue weighted by molar-refractivity contribution is 7.92. The van der Waals surface area contributed by atoms with Gasteiger partial charge in [0.15, 0.2) is 27.3 Å². The third-order valence-corrected chi connectivity index (χ3v) is 9.70. The molecule has 11 heteroatoms. The van der Waals surface area contributed by atoms with E-state index in [0.29, 0.717) is 25.0 Å². The van der Waals surface area contributed by atoms with E-state index < -0.39 is 50.7 Å². The molecule has 2 atom stereocenters. The van der Waals surface area contributed by atoms with Crippen LogP contribution in [0.3, 0.4) is 0 Å². The van der Waals surface area contributed by atoms with Gasteiger partial charge in [-0.25, -0.2) is 21.6 Å². The van der Waals surface area contributed by atoms with Gasteiger partial charge in [0.2, 0.25) is 0 Å². The van der Waals surface area contributed by atoms with Gasteiger partial charge in [0.1, 0.15) is 0 Å². The lowest BCUT2D eigenvalue weighted by atomic mass is 9.61. The molecular formula is C23H23ClF3NO5S. The summed E-state index contributed by atoms with van der Waals surface area (Å²) in [6, 6.07) is 4.79. The first kappa shape index (κ1) is 25.0. The van der Waals surface area contributed by atoms with Crippen LogP contribution in [-0.2, 0) is 9.84 Å². The van der Waals surface area contributed by atoms with Crippen molar-refractivity contribution in [3.8, 4) is 0 Å². The van der Waals surface area contributed by atoms with Crippen LogP contribution in [0.25, 0.3) is 0 Å². The standard InChI is InChI=1S/C23H23ClF3NO5S/c24-17-5-4-12(22(30)28-15-9-18(25)21(27)19(26)10-15)6-20(17)34(32,33)16-7-13-2-1-3-14(8-16)23(13,31)11-29/h4-6,9-10,13-14,16,29,31H,1-3,7-8,11H2,(H,28,30). The van der Waals surface area contributed by atoms with E-state index in [4.69, 9.17) is 11.6 Å². The first-order chi connectivity index (χ1) is 16.0. The van der Waals surface area contributed by atoms with Gasteiger partial charge in [0.05, 0.1) is 27.4 Å². The fourth-order valence-corrected chi connectivity index (χ4v) is 7.61. The number of hydrogen-bond acceptors (Lipinski definition) is 5. The molecular weight excluding hydrogens is 495 g/mol. The summed E-state index contributed by atoms with van der Waals surface area (Å²) in [5.74, 6) is -6.27. The molecule has 184 valence electrons. The zero-order valence-corrected chi connectivity index (χ0v) is 19.5. The second-order valence-corrected chi connectivity index (χ2v) is 11.6. The Labute approximate surface area is 199 Å². The van der Waals surface area contributed by atoms with Crippen molar-refractivity contribution in [2.24, 2.45) is 11.8 Å². The number of anilines is 1. The largest absolute Gasteiger partial charge is 0.393 e. The Morgan fingerprint density at radius 2 is 1.68 bits per heavy atom. The van der Waals surface area contributed by atoms with Crippen LogP contribution in [0.2, 0.25) is 5.02 Å². The predicted molar refractivity (Wildman–Crippen MR) is 119 cm³/mol. The van der Waals surface area contributed by atoms with Crippen LogP contribution in [0.5, 0.6) is 0 Å². The Morgan fingerprint density at radius 1 is 1.09 bits per heavy atom. The van der Waals surface area contributed by atoms with Crippen molar-refractivity contribution < 1.29 is 36.6 Å². The molecule has 2 unspecified atom stereocenters. The number of carbonyl (C=O) groups excluding carboxylic acids is 1. The van der Waals surface area contributed by atoms with Gasteiger partial charge in [0.25, 0.3) is 5.91 Å². The second-order valence-electron chi connectivity index (χ2n) is 8.97. The van der Waals surface area contributed by atoms with E-state index in [0.717, 1.165) is 12.5 Å². The molecule has 34 heavy (non-hydrogen) atoms. The second kappa shape index (κ2) is 9.14. The normalized spacial score (nSPS) is 26.8. The lowest BCUT2D eigenvalue weighted by molar-refractivity contribution is -0.144. The summed E-state index contributed by atoms with van der Waals surface area (Å²) in [5.41, 5.74) is -1.78. The van der Waals surface area contributed by atoms with Crippen LogP contribution in [0.15, 0.2) is 35.2 Å². The molecule has 2 saturated carbocycles. The van der Waals surface area contributed by atoms with Gasteiger partial charge in [-0.15, -0.1) is 0 Å². The van der Waals surface area contributed by atoms with Gasteiger partial charge in [0, 0.05) is 23.4 Å². The van der Waals surface area contributed by atoms with Crippen LogP contribution >= 0.6 is 11.6 Å². The summed E-state index contributed by atoms with van der Waals surface area (Å²) < 4.78 is 67.1. The minimum atomic E-state index is -4.02. The van der Waals surface area contributed by atoms with Crippen LogP contribution in [0.4, 0.5) is 18.9 Å². The van der Waals surface area contributed by atoms with Gasteiger partial charge in [-0.2, -0.15) is 0 Å². The van der Waals surface area contributed by atoms with Gasteiger partial charge in [-0.3, -0.25) is 4.79 Å². The molecule has 1 amide bonds. The van der Waals surface area contributed by atoms with E-state index in [9.17, 15) is 36.6 Å². The fraction of sp³-hybridized carbons (Fsp3) is 0.435. The van der Waals surface area contributed by atoms with Crippen LogP contribution in [0.1, 0.15) is 42.5 Å². The molecule has 0 spiro atoms. The quantitative estimate of drug-likeness (QED) is 0.518. The van der Waals surface area contributed by atoms with Crippen molar-refractivity contribution >= 4 is 33.0 Å². The molecule has 0 aromatic heterocycles. The average molecular weight is 518 g/mol. The smallest absolute Gasteiger partial charge is 0.255 e. The Kier molecular flexibility index (Phi) is 6.71. The Morgan fingerprint density at radius 3 is 2.24 bits per heavy atom. The highest BCUT2D eigenvalue weighted by Gasteiger charge is 2.53. The lowest BCUT2D eigenvalue weighted by Crippen LogP contribution is -2.57. The Bertz CT molecular complexity index is 1200. The minimum Gasteiger partial charge on any atom is -0.393 e. The number of carbonyl (C=O) groups is 1. The molecule has 2 bridgehead atoms. The minimum absolute atomic E-state index is 0.0939. The number of rotatable bonds is 5. The molecule has 6 nitrogen and oxygen atoms in total. The highest BCUT2D eigenvalue weighted by Crippen LogP contribution is 2.49. The third-order valence-electron chi connectivity index (χ3n) is 7.05. The summed E-state index contributed by atoms with van der Waals surface area (Å²) >= 11 is 6.19. The topological polar surface area (TPSA) is 104 Å². The van der Waals surface area contributed by atoms with E-state index in [1.807, 2.05) is 0 Å². The van der Waals surface area contributed by atoms with Crippen molar-refractivity contribution in [2.75, 3.05) is 11.9 Å². The molecule has 4 rings (SSSR count). The number of halogens is 4.